The van der Waals surface area contributed by atoms with E-state index in [-0.39, 0.29) is 6.54 Å². The maximum Gasteiger partial charge on any atom is 0.276 e. The molecular weight excluding hydrogens is 174 g/mol. The third-order valence-corrected chi connectivity index (χ3v) is 1.92. The summed E-state index contributed by atoms with van der Waals surface area (Å²) in [6.45, 7) is 0.280. The molecule has 5 heteroatoms. The highest BCUT2D eigenvalue weighted by Gasteiger charge is 2.03. The average Bonchev–Trinajstić information content (AvgIpc) is 2.53. The first-order valence-electron chi connectivity index (χ1n) is 3.45. The van der Waals surface area contributed by atoms with Crippen LogP contribution in [0, 0.1) is 12.3 Å². The molecule has 0 aromatic carbocycles. The molecule has 0 amide bonds. The van der Waals surface area contributed by atoms with Crippen molar-refractivity contribution in [3.05, 3.63) is 5.89 Å². The summed E-state index contributed by atoms with van der Waals surface area (Å²) in [4.78, 5) is 0. The van der Waals surface area contributed by atoms with Crippen LogP contribution in [0.2, 0.25) is 0 Å². The lowest BCUT2D eigenvalue weighted by molar-refractivity contribution is 0.415. The van der Waals surface area contributed by atoms with Gasteiger partial charge in [-0.1, -0.05) is 11.8 Å². The topological polar surface area (TPSA) is 64.9 Å². The summed E-state index contributed by atoms with van der Waals surface area (Å²) in [5.41, 5.74) is 5.28. The molecule has 0 saturated carbocycles. The van der Waals surface area contributed by atoms with Crippen LogP contribution in [0.4, 0.5) is 0 Å². The van der Waals surface area contributed by atoms with Crippen LogP contribution in [0.15, 0.2) is 9.64 Å². The van der Waals surface area contributed by atoms with Crippen LogP contribution in [-0.2, 0) is 6.54 Å². The molecule has 0 saturated heterocycles. The SMILES string of the molecule is C#CCCSc1nnc(CN)o1. The van der Waals surface area contributed by atoms with Gasteiger partial charge in [-0.2, -0.15) is 0 Å². The number of thioether (sulfide) groups is 1. The molecule has 0 aliphatic rings. The molecule has 0 atom stereocenters. The van der Waals surface area contributed by atoms with Gasteiger partial charge >= 0.3 is 0 Å². The Kier molecular flexibility index (Phi) is 3.64. The Morgan fingerprint density at radius 2 is 2.42 bits per heavy atom. The van der Waals surface area contributed by atoms with Gasteiger partial charge in [0.15, 0.2) is 0 Å². The summed E-state index contributed by atoms with van der Waals surface area (Å²) >= 11 is 1.44. The summed E-state index contributed by atoms with van der Waals surface area (Å²) in [5.74, 6) is 3.77. The van der Waals surface area contributed by atoms with Crippen LogP contribution >= 0.6 is 11.8 Å². The summed E-state index contributed by atoms with van der Waals surface area (Å²) in [5, 5.41) is 7.99. The van der Waals surface area contributed by atoms with E-state index in [1.807, 2.05) is 0 Å². The Morgan fingerprint density at radius 1 is 1.58 bits per heavy atom. The van der Waals surface area contributed by atoms with Crippen LogP contribution in [0.25, 0.3) is 0 Å². The average molecular weight is 183 g/mol. The summed E-state index contributed by atoms with van der Waals surface area (Å²) in [6, 6.07) is 0. The van der Waals surface area contributed by atoms with Gasteiger partial charge in [-0.3, -0.25) is 0 Å². The van der Waals surface area contributed by atoms with E-state index in [0.29, 0.717) is 17.5 Å². The van der Waals surface area contributed by atoms with Crippen LogP contribution in [0.1, 0.15) is 12.3 Å². The summed E-state index contributed by atoms with van der Waals surface area (Å²) in [7, 11) is 0. The third kappa shape index (κ3) is 2.57. The Balaban J connectivity index is 2.37. The fraction of sp³-hybridized carbons (Fsp3) is 0.429. The second-order valence-corrected chi connectivity index (χ2v) is 3.01. The van der Waals surface area contributed by atoms with Crippen LogP contribution in [-0.4, -0.2) is 16.0 Å². The van der Waals surface area contributed by atoms with Crippen LogP contribution in [0.5, 0.6) is 0 Å². The Bertz CT molecular complexity index is 278. The Morgan fingerprint density at radius 3 is 3.00 bits per heavy atom. The molecule has 2 N–H and O–H groups in total. The van der Waals surface area contributed by atoms with Crippen molar-refractivity contribution in [1.82, 2.24) is 10.2 Å². The largest absolute Gasteiger partial charge is 0.415 e. The van der Waals surface area contributed by atoms with Crippen molar-refractivity contribution in [2.75, 3.05) is 5.75 Å². The van der Waals surface area contributed by atoms with Gasteiger partial charge < -0.3 is 10.2 Å². The maximum atomic E-state index is 5.28. The lowest BCUT2D eigenvalue weighted by Crippen LogP contribution is -1.95. The lowest BCUT2D eigenvalue weighted by atomic mass is 10.5. The standard InChI is InChI=1S/C7H9N3OS/c1-2-3-4-12-7-10-9-6(5-8)11-7/h1H,3-5,8H2. The van der Waals surface area contributed by atoms with Crippen molar-refractivity contribution in [2.24, 2.45) is 5.73 Å². The highest BCUT2D eigenvalue weighted by molar-refractivity contribution is 7.99. The molecule has 0 spiro atoms. The molecule has 4 nitrogen and oxygen atoms in total. The van der Waals surface area contributed by atoms with E-state index in [1.54, 1.807) is 0 Å². The monoisotopic (exact) mass is 183 g/mol. The molecule has 1 aromatic rings. The van der Waals surface area contributed by atoms with E-state index in [2.05, 4.69) is 16.1 Å². The molecule has 64 valence electrons. The molecule has 0 aliphatic heterocycles. The molecule has 0 radical (unpaired) electrons. The van der Waals surface area contributed by atoms with Crippen molar-refractivity contribution < 1.29 is 4.42 Å². The van der Waals surface area contributed by atoms with Crippen LogP contribution in [0.3, 0.4) is 0 Å². The zero-order valence-corrected chi connectivity index (χ0v) is 7.30. The molecular formula is C7H9N3OS. The van der Waals surface area contributed by atoms with Crippen LogP contribution < -0.4 is 5.73 Å². The highest BCUT2D eigenvalue weighted by atomic mass is 32.2. The minimum absolute atomic E-state index is 0.280. The van der Waals surface area contributed by atoms with Gasteiger partial charge in [-0.05, 0) is 0 Å². The minimum Gasteiger partial charge on any atom is -0.415 e. The van der Waals surface area contributed by atoms with Gasteiger partial charge in [0.05, 0.1) is 6.54 Å². The first kappa shape index (κ1) is 9.10. The van der Waals surface area contributed by atoms with Crippen molar-refractivity contribution >= 4 is 11.8 Å². The minimum atomic E-state index is 0.280. The second-order valence-electron chi connectivity index (χ2n) is 1.97. The van der Waals surface area contributed by atoms with E-state index in [1.165, 1.54) is 11.8 Å². The number of hydrogen-bond acceptors (Lipinski definition) is 5. The van der Waals surface area contributed by atoms with Gasteiger partial charge in [0.1, 0.15) is 0 Å². The predicted molar refractivity (Wildman–Crippen MR) is 46.4 cm³/mol. The van der Waals surface area contributed by atoms with Crippen molar-refractivity contribution in [1.29, 1.82) is 0 Å². The second kappa shape index (κ2) is 4.80. The summed E-state index contributed by atoms with van der Waals surface area (Å²) in [6.07, 6.45) is 5.77. The smallest absolute Gasteiger partial charge is 0.276 e. The highest BCUT2D eigenvalue weighted by Crippen LogP contribution is 2.15. The third-order valence-electron chi connectivity index (χ3n) is 1.09. The number of nitrogens with zero attached hydrogens (tertiary/aromatic N) is 2. The predicted octanol–water partition coefficient (Wildman–Crippen LogP) is 0.644. The van der Waals surface area contributed by atoms with E-state index >= 15 is 0 Å². The zero-order chi connectivity index (χ0) is 8.81. The van der Waals surface area contributed by atoms with Gasteiger partial charge in [0.2, 0.25) is 5.89 Å². The molecule has 1 aromatic heterocycles. The zero-order valence-electron chi connectivity index (χ0n) is 6.49. The molecule has 0 fully saturated rings. The molecule has 1 heterocycles. The molecule has 0 unspecified atom stereocenters. The van der Waals surface area contributed by atoms with Crippen molar-refractivity contribution in [3.63, 3.8) is 0 Å². The molecule has 0 aliphatic carbocycles. The number of hydrogen-bond donors (Lipinski definition) is 1. The normalized spacial score (nSPS) is 9.67. The Labute approximate surface area is 74.9 Å². The number of nitrogens with two attached hydrogens (primary N) is 1. The fourth-order valence-electron chi connectivity index (χ4n) is 0.576. The van der Waals surface area contributed by atoms with Gasteiger partial charge in [-0.15, -0.1) is 22.5 Å². The Hall–Kier alpha value is -0.990. The van der Waals surface area contributed by atoms with Gasteiger partial charge in [0.25, 0.3) is 5.22 Å². The fourth-order valence-corrected chi connectivity index (χ4v) is 1.22. The van der Waals surface area contributed by atoms with E-state index in [4.69, 9.17) is 16.6 Å². The first-order valence-corrected chi connectivity index (χ1v) is 4.44. The van der Waals surface area contributed by atoms with Gasteiger partial charge in [-0.25, -0.2) is 0 Å². The van der Waals surface area contributed by atoms with Gasteiger partial charge in [0, 0.05) is 12.2 Å². The van der Waals surface area contributed by atoms with E-state index in [0.717, 1.165) is 5.75 Å². The molecule has 0 bridgehead atoms. The van der Waals surface area contributed by atoms with E-state index < -0.39 is 0 Å². The quantitative estimate of drug-likeness (QED) is 0.421. The number of aromatic nitrogens is 2. The lowest BCUT2D eigenvalue weighted by Gasteiger charge is -1.88. The number of terminal acetylenes is 1. The van der Waals surface area contributed by atoms with Crippen molar-refractivity contribution in [2.45, 2.75) is 18.2 Å². The summed E-state index contributed by atoms with van der Waals surface area (Å²) < 4.78 is 5.13. The van der Waals surface area contributed by atoms with Crippen molar-refractivity contribution in [3.8, 4) is 12.3 Å². The number of rotatable bonds is 4. The van der Waals surface area contributed by atoms with E-state index in [9.17, 15) is 0 Å². The maximum absolute atomic E-state index is 5.28. The first-order chi connectivity index (χ1) is 5.86. The molecule has 12 heavy (non-hydrogen) atoms. The molecule has 1 rings (SSSR count).